The number of rotatable bonds is 5. The van der Waals surface area contributed by atoms with Gasteiger partial charge in [-0.25, -0.2) is 0 Å². The van der Waals surface area contributed by atoms with Gasteiger partial charge in [-0.15, -0.1) is 11.3 Å². The molecule has 2 atom stereocenters. The average Bonchev–Trinajstić information content (AvgIpc) is 2.76. The number of hydrogen-bond acceptors (Lipinski definition) is 4. The SMILES string of the molecule is CC(N)C(c1cc(Br)cs1)N(C)CC1CCOCC1. The zero-order chi connectivity index (χ0) is 13.8. The van der Waals surface area contributed by atoms with Crippen LogP contribution in [-0.4, -0.2) is 37.7 Å². The zero-order valence-electron chi connectivity index (χ0n) is 11.6. The van der Waals surface area contributed by atoms with E-state index in [2.05, 4.69) is 46.2 Å². The first-order valence-corrected chi connectivity index (χ1v) is 8.52. The van der Waals surface area contributed by atoms with E-state index in [1.165, 1.54) is 17.7 Å². The third-order valence-electron chi connectivity index (χ3n) is 3.74. The third-order valence-corrected chi connectivity index (χ3v) is 5.50. The standard InChI is InChI=1S/C14H23BrN2OS/c1-10(16)14(13-7-12(15)9-19-13)17(2)8-11-3-5-18-6-4-11/h7,9-11,14H,3-6,8,16H2,1-2H3. The highest BCUT2D eigenvalue weighted by Crippen LogP contribution is 2.31. The maximum atomic E-state index is 6.21. The Hall–Kier alpha value is 0.0600. The minimum atomic E-state index is 0.135. The van der Waals surface area contributed by atoms with Crippen molar-refractivity contribution in [2.24, 2.45) is 11.7 Å². The molecule has 1 aromatic heterocycles. The summed E-state index contributed by atoms with van der Waals surface area (Å²) in [5.74, 6) is 0.739. The van der Waals surface area contributed by atoms with E-state index < -0.39 is 0 Å². The summed E-state index contributed by atoms with van der Waals surface area (Å²) in [4.78, 5) is 3.76. The maximum Gasteiger partial charge on any atom is 0.0588 e. The normalized spacial score (nSPS) is 20.7. The van der Waals surface area contributed by atoms with Gasteiger partial charge in [0.05, 0.1) is 6.04 Å². The first kappa shape index (κ1) is 15.4. The van der Waals surface area contributed by atoms with E-state index in [-0.39, 0.29) is 6.04 Å². The largest absolute Gasteiger partial charge is 0.381 e. The Morgan fingerprint density at radius 2 is 2.21 bits per heavy atom. The monoisotopic (exact) mass is 346 g/mol. The smallest absolute Gasteiger partial charge is 0.0588 e. The summed E-state index contributed by atoms with van der Waals surface area (Å²) in [6.07, 6.45) is 2.34. The van der Waals surface area contributed by atoms with Gasteiger partial charge in [0.25, 0.3) is 0 Å². The molecule has 1 aromatic rings. The molecule has 0 bridgehead atoms. The molecule has 5 heteroatoms. The van der Waals surface area contributed by atoms with E-state index in [1.54, 1.807) is 11.3 Å². The third kappa shape index (κ3) is 4.26. The molecule has 2 N–H and O–H groups in total. The molecular weight excluding hydrogens is 324 g/mol. The Labute approximate surface area is 128 Å². The summed E-state index contributed by atoms with van der Waals surface area (Å²) in [5, 5.41) is 2.13. The molecular formula is C14H23BrN2OS. The van der Waals surface area contributed by atoms with Gasteiger partial charge in [0.2, 0.25) is 0 Å². The van der Waals surface area contributed by atoms with Crippen LogP contribution in [0.3, 0.4) is 0 Å². The fourth-order valence-electron chi connectivity index (χ4n) is 2.81. The van der Waals surface area contributed by atoms with Crippen LogP contribution in [0.15, 0.2) is 15.9 Å². The molecule has 0 spiro atoms. The summed E-state index contributed by atoms with van der Waals surface area (Å²) in [6, 6.07) is 2.63. The van der Waals surface area contributed by atoms with Gasteiger partial charge in [0.1, 0.15) is 0 Å². The van der Waals surface area contributed by atoms with Crippen LogP contribution in [0.1, 0.15) is 30.7 Å². The summed E-state index contributed by atoms with van der Waals surface area (Å²) in [7, 11) is 2.19. The molecule has 1 aliphatic rings. The number of thiophene rings is 1. The van der Waals surface area contributed by atoms with E-state index >= 15 is 0 Å². The van der Waals surface area contributed by atoms with Crippen molar-refractivity contribution in [1.82, 2.24) is 4.90 Å². The predicted octanol–water partition coefficient (Wildman–Crippen LogP) is 3.26. The average molecular weight is 347 g/mol. The Morgan fingerprint density at radius 1 is 1.53 bits per heavy atom. The highest BCUT2D eigenvalue weighted by Gasteiger charge is 2.25. The first-order chi connectivity index (χ1) is 9.08. The minimum Gasteiger partial charge on any atom is -0.381 e. The topological polar surface area (TPSA) is 38.5 Å². The van der Waals surface area contributed by atoms with Crippen molar-refractivity contribution in [2.45, 2.75) is 31.8 Å². The Bertz CT molecular complexity index is 391. The van der Waals surface area contributed by atoms with Gasteiger partial charge in [-0.1, -0.05) is 0 Å². The quantitative estimate of drug-likeness (QED) is 0.889. The molecule has 3 nitrogen and oxygen atoms in total. The Morgan fingerprint density at radius 3 is 2.74 bits per heavy atom. The van der Waals surface area contributed by atoms with Crippen LogP contribution in [0.5, 0.6) is 0 Å². The van der Waals surface area contributed by atoms with Crippen molar-refractivity contribution in [3.63, 3.8) is 0 Å². The molecule has 0 aliphatic carbocycles. The second-order valence-electron chi connectivity index (χ2n) is 5.47. The number of nitrogens with zero attached hydrogens (tertiary/aromatic N) is 1. The molecule has 0 amide bonds. The lowest BCUT2D eigenvalue weighted by atomic mass is 9.98. The van der Waals surface area contributed by atoms with Crippen LogP contribution in [0.25, 0.3) is 0 Å². The van der Waals surface area contributed by atoms with Crippen LogP contribution in [0, 0.1) is 5.92 Å². The predicted molar refractivity (Wildman–Crippen MR) is 84.6 cm³/mol. The van der Waals surface area contributed by atoms with Gasteiger partial charge in [-0.2, -0.15) is 0 Å². The summed E-state index contributed by atoms with van der Waals surface area (Å²) < 4.78 is 6.58. The van der Waals surface area contributed by atoms with Crippen molar-refractivity contribution in [2.75, 3.05) is 26.8 Å². The van der Waals surface area contributed by atoms with Gasteiger partial charge in [-0.3, -0.25) is 4.90 Å². The van der Waals surface area contributed by atoms with Gasteiger partial charge in [0, 0.05) is 40.5 Å². The number of ether oxygens (including phenoxy) is 1. The van der Waals surface area contributed by atoms with E-state index in [9.17, 15) is 0 Å². The van der Waals surface area contributed by atoms with Gasteiger partial charge < -0.3 is 10.5 Å². The number of hydrogen-bond donors (Lipinski definition) is 1. The van der Waals surface area contributed by atoms with Crippen molar-refractivity contribution >= 4 is 27.3 Å². The van der Waals surface area contributed by atoms with Gasteiger partial charge in [-0.05, 0) is 54.7 Å². The van der Waals surface area contributed by atoms with Crippen molar-refractivity contribution in [1.29, 1.82) is 0 Å². The van der Waals surface area contributed by atoms with Crippen LogP contribution in [-0.2, 0) is 4.74 Å². The number of halogens is 1. The molecule has 1 aliphatic heterocycles. The fraction of sp³-hybridized carbons (Fsp3) is 0.714. The van der Waals surface area contributed by atoms with Crippen molar-refractivity contribution in [3.8, 4) is 0 Å². The number of nitrogens with two attached hydrogens (primary N) is 1. The van der Waals surface area contributed by atoms with E-state index in [1.807, 2.05) is 0 Å². The molecule has 2 unspecified atom stereocenters. The molecule has 0 saturated carbocycles. The Kier molecular flexibility index (Phi) is 5.84. The van der Waals surface area contributed by atoms with E-state index in [0.29, 0.717) is 6.04 Å². The number of likely N-dealkylation sites (N-methyl/N-ethyl adjacent to an activating group) is 1. The first-order valence-electron chi connectivity index (χ1n) is 6.85. The summed E-state index contributed by atoms with van der Waals surface area (Å²) in [6.45, 7) is 5.02. The zero-order valence-corrected chi connectivity index (χ0v) is 14.0. The van der Waals surface area contributed by atoms with Crippen molar-refractivity contribution < 1.29 is 4.74 Å². The summed E-state index contributed by atoms with van der Waals surface area (Å²) in [5.41, 5.74) is 6.21. The van der Waals surface area contributed by atoms with Crippen LogP contribution in [0.4, 0.5) is 0 Å². The lowest BCUT2D eigenvalue weighted by Crippen LogP contribution is -2.40. The van der Waals surface area contributed by atoms with Gasteiger partial charge in [0.15, 0.2) is 0 Å². The molecule has 2 rings (SSSR count). The second kappa shape index (κ2) is 7.18. The van der Waals surface area contributed by atoms with Crippen LogP contribution in [0.2, 0.25) is 0 Å². The Balaban J connectivity index is 2.01. The fourth-order valence-corrected chi connectivity index (χ4v) is 4.54. The lowest BCUT2D eigenvalue weighted by Gasteiger charge is -2.34. The highest BCUT2D eigenvalue weighted by molar-refractivity contribution is 9.10. The van der Waals surface area contributed by atoms with E-state index in [4.69, 9.17) is 10.5 Å². The van der Waals surface area contributed by atoms with Gasteiger partial charge >= 0.3 is 0 Å². The summed E-state index contributed by atoms with van der Waals surface area (Å²) >= 11 is 5.31. The van der Waals surface area contributed by atoms with Crippen LogP contribution < -0.4 is 5.73 Å². The second-order valence-corrected chi connectivity index (χ2v) is 7.33. The maximum absolute atomic E-state index is 6.21. The van der Waals surface area contributed by atoms with Crippen LogP contribution >= 0.6 is 27.3 Å². The minimum absolute atomic E-state index is 0.135. The van der Waals surface area contributed by atoms with E-state index in [0.717, 1.165) is 30.1 Å². The molecule has 2 heterocycles. The van der Waals surface area contributed by atoms with Crippen molar-refractivity contribution in [3.05, 3.63) is 20.8 Å². The molecule has 1 fully saturated rings. The molecule has 0 aromatic carbocycles. The molecule has 108 valence electrons. The molecule has 0 radical (unpaired) electrons. The molecule has 19 heavy (non-hydrogen) atoms. The highest BCUT2D eigenvalue weighted by atomic mass is 79.9. The lowest BCUT2D eigenvalue weighted by molar-refractivity contribution is 0.0489. The molecule has 1 saturated heterocycles.